The van der Waals surface area contributed by atoms with Crippen LogP contribution in [-0.4, -0.2) is 28.7 Å². The van der Waals surface area contributed by atoms with Crippen LogP contribution >= 0.6 is 11.6 Å². The first-order chi connectivity index (χ1) is 7.04. The summed E-state index contributed by atoms with van der Waals surface area (Å²) >= 11 is 5.71. The Bertz CT molecular complexity index is 405. The van der Waals surface area contributed by atoms with E-state index in [0.717, 1.165) is 0 Å². The molecule has 0 spiro atoms. The number of nitrogens with one attached hydrogen (secondary N) is 1. The third-order valence-electron chi connectivity index (χ3n) is 1.63. The van der Waals surface area contributed by atoms with Crippen LogP contribution in [0.2, 0.25) is 5.02 Å². The summed E-state index contributed by atoms with van der Waals surface area (Å²) in [6, 6.07) is 3.89. The van der Waals surface area contributed by atoms with E-state index in [1.54, 1.807) is 0 Å². The first-order valence-corrected chi connectivity index (χ1v) is 4.36. The fourth-order valence-electron chi connectivity index (χ4n) is 0.939. The molecule has 0 saturated carbocycles. The molecule has 80 valence electrons. The van der Waals surface area contributed by atoms with E-state index in [-0.39, 0.29) is 16.3 Å². The van der Waals surface area contributed by atoms with Crippen molar-refractivity contribution in [3.63, 3.8) is 0 Å². The Hall–Kier alpha value is -1.59. The molecule has 0 bridgehead atoms. The van der Waals surface area contributed by atoms with Gasteiger partial charge in [0.1, 0.15) is 6.61 Å². The van der Waals surface area contributed by atoms with Crippen LogP contribution in [0.3, 0.4) is 0 Å². The van der Waals surface area contributed by atoms with E-state index in [4.69, 9.17) is 21.8 Å². The van der Waals surface area contributed by atoms with Crippen LogP contribution in [0, 0.1) is 0 Å². The molecule has 1 amide bonds. The molecule has 0 saturated heterocycles. The fourth-order valence-corrected chi connectivity index (χ4v) is 1.17. The number of aromatic carboxylic acids is 1. The lowest BCUT2D eigenvalue weighted by Gasteiger charge is -2.05. The number of carboxylic acids is 1. The largest absolute Gasteiger partial charge is 0.478 e. The van der Waals surface area contributed by atoms with Crippen molar-refractivity contribution in [2.45, 2.75) is 0 Å². The van der Waals surface area contributed by atoms with E-state index in [2.05, 4.69) is 5.32 Å². The smallest absolute Gasteiger partial charge is 0.335 e. The summed E-state index contributed by atoms with van der Waals surface area (Å²) in [6.45, 7) is -0.656. The Morgan fingerprint density at radius 3 is 2.53 bits per heavy atom. The van der Waals surface area contributed by atoms with Gasteiger partial charge in [0, 0.05) is 0 Å². The van der Waals surface area contributed by atoms with Gasteiger partial charge in [-0.1, -0.05) is 11.6 Å². The summed E-state index contributed by atoms with van der Waals surface area (Å²) in [5.41, 5.74) is 0.294. The predicted octanol–water partition coefficient (Wildman–Crippen LogP) is 0.969. The second-order valence-corrected chi connectivity index (χ2v) is 3.11. The molecule has 0 atom stereocenters. The molecular weight excluding hydrogens is 222 g/mol. The zero-order valence-corrected chi connectivity index (χ0v) is 8.28. The van der Waals surface area contributed by atoms with E-state index >= 15 is 0 Å². The predicted molar refractivity (Wildman–Crippen MR) is 54.1 cm³/mol. The third kappa shape index (κ3) is 2.93. The van der Waals surface area contributed by atoms with Crippen LogP contribution in [0.4, 0.5) is 5.69 Å². The molecule has 1 aromatic rings. The van der Waals surface area contributed by atoms with E-state index in [1.165, 1.54) is 18.2 Å². The number of anilines is 1. The van der Waals surface area contributed by atoms with Crippen molar-refractivity contribution in [3.8, 4) is 0 Å². The SMILES string of the molecule is O=C(CO)Nc1ccc(C(=O)O)cc1Cl. The van der Waals surface area contributed by atoms with Gasteiger partial charge in [0.25, 0.3) is 0 Å². The Balaban J connectivity index is 2.93. The van der Waals surface area contributed by atoms with Crippen molar-refractivity contribution in [1.82, 2.24) is 0 Å². The van der Waals surface area contributed by atoms with Gasteiger partial charge < -0.3 is 15.5 Å². The number of amides is 1. The van der Waals surface area contributed by atoms with Crippen molar-refractivity contribution in [2.24, 2.45) is 0 Å². The number of hydrogen-bond donors (Lipinski definition) is 3. The number of benzene rings is 1. The van der Waals surface area contributed by atoms with Crippen molar-refractivity contribution in [3.05, 3.63) is 28.8 Å². The first kappa shape index (κ1) is 11.5. The lowest BCUT2D eigenvalue weighted by atomic mass is 10.2. The summed E-state index contributed by atoms with van der Waals surface area (Å²) in [4.78, 5) is 21.4. The van der Waals surface area contributed by atoms with Gasteiger partial charge in [0.05, 0.1) is 16.3 Å². The maximum atomic E-state index is 10.8. The molecule has 5 nitrogen and oxygen atoms in total. The minimum absolute atomic E-state index is 0.0296. The van der Waals surface area contributed by atoms with Crippen molar-refractivity contribution >= 4 is 29.2 Å². The van der Waals surface area contributed by atoms with Gasteiger partial charge in [-0.15, -0.1) is 0 Å². The normalized spacial score (nSPS) is 9.73. The lowest BCUT2D eigenvalue weighted by molar-refractivity contribution is -0.118. The standard InChI is InChI=1S/C9H8ClNO4/c10-6-3-5(9(14)15)1-2-7(6)11-8(13)4-12/h1-3,12H,4H2,(H,11,13)(H,14,15). The van der Waals surface area contributed by atoms with E-state index in [9.17, 15) is 9.59 Å². The number of carbonyl (C=O) groups is 2. The van der Waals surface area contributed by atoms with Gasteiger partial charge in [-0.2, -0.15) is 0 Å². The van der Waals surface area contributed by atoms with Crippen molar-refractivity contribution in [1.29, 1.82) is 0 Å². The average molecular weight is 230 g/mol. The second-order valence-electron chi connectivity index (χ2n) is 2.71. The highest BCUT2D eigenvalue weighted by atomic mass is 35.5. The van der Waals surface area contributed by atoms with Crippen molar-refractivity contribution in [2.75, 3.05) is 11.9 Å². The quantitative estimate of drug-likeness (QED) is 0.721. The van der Waals surface area contributed by atoms with E-state index in [0.29, 0.717) is 0 Å². The highest BCUT2D eigenvalue weighted by Gasteiger charge is 2.08. The van der Waals surface area contributed by atoms with Crippen LogP contribution in [0.1, 0.15) is 10.4 Å². The molecule has 0 fully saturated rings. The topological polar surface area (TPSA) is 86.6 Å². The minimum Gasteiger partial charge on any atom is -0.478 e. The summed E-state index contributed by atoms with van der Waals surface area (Å²) in [5.74, 6) is -1.71. The molecule has 0 aliphatic rings. The highest BCUT2D eigenvalue weighted by molar-refractivity contribution is 6.34. The summed E-state index contributed by atoms with van der Waals surface area (Å²) in [7, 11) is 0. The Morgan fingerprint density at radius 2 is 2.07 bits per heavy atom. The number of hydrogen-bond acceptors (Lipinski definition) is 3. The molecule has 0 radical (unpaired) electrons. The first-order valence-electron chi connectivity index (χ1n) is 3.98. The molecule has 6 heteroatoms. The van der Waals surface area contributed by atoms with Crippen LogP contribution in [0.15, 0.2) is 18.2 Å². The number of aliphatic hydroxyl groups excluding tert-OH is 1. The molecule has 0 aliphatic heterocycles. The second kappa shape index (κ2) is 4.77. The van der Waals surface area contributed by atoms with Gasteiger partial charge in [0.2, 0.25) is 5.91 Å². The molecule has 1 rings (SSSR count). The Kier molecular flexibility index (Phi) is 3.65. The summed E-state index contributed by atoms with van der Waals surface area (Å²) in [6.07, 6.45) is 0. The zero-order chi connectivity index (χ0) is 11.4. The molecule has 3 N–H and O–H groups in total. The van der Waals surface area contributed by atoms with Gasteiger partial charge in [0.15, 0.2) is 0 Å². The van der Waals surface area contributed by atoms with Gasteiger partial charge in [-0.05, 0) is 18.2 Å². The van der Waals surface area contributed by atoms with Crippen LogP contribution in [0.5, 0.6) is 0 Å². The molecule has 15 heavy (non-hydrogen) atoms. The van der Waals surface area contributed by atoms with E-state index in [1.807, 2.05) is 0 Å². The lowest BCUT2D eigenvalue weighted by Crippen LogP contribution is -2.15. The van der Waals surface area contributed by atoms with Gasteiger partial charge >= 0.3 is 5.97 Å². The molecule has 1 aromatic carbocycles. The van der Waals surface area contributed by atoms with Crippen LogP contribution < -0.4 is 5.32 Å². The molecule has 0 heterocycles. The fraction of sp³-hybridized carbons (Fsp3) is 0.111. The molecule has 0 aromatic heterocycles. The van der Waals surface area contributed by atoms with E-state index < -0.39 is 18.5 Å². The monoisotopic (exact) mass is 229 g/mol. The Labute approximate surface area is 90.3 Å². The number of aliphatic hydroxyl groups is 1. The third-order valence-corrected chi connectivity index (χ3v) is 1.95. The average Bonchev–Trinajstić information content (AvgIpc) is 2.20. The molecule has 0 unspecified atom stereocenters. The van der Waals surface area contributed by atoms with Crippen molar-refractivity contribution < 1.29 is 19.8 Å². The number of carbonyl (C=O) groups excluding carboxylic acids is 1. The summed E-state index contributed by atoms with van der Waals surface area (Å²) in [5, 5.41) is 19.5. The Morgan fingerprint density at radius 1 is 1.40 bits per heavy atom. The van der Waals surface area contributed by atoms with Crippen LogP contribution in [-0.2, 0) is 4.79 Å². The summed E-state index contributed by atoms with van der Waals surface area (Å²) < 4.78 is 0. The van der Waals surface area contributed by atoms with Gasteiger partial charge in [-0.25, -0.2) is 4.79 Å². The maximum absolute atomic E-state index is 10.8. The van der Waals surface area contributed by atoms with Crippen LogP contribution in [0.25, 0.3) is 0 Å². The molecule has 0 aliphatic carbocycles. The number of carboxylic acid groups (broad SMARTS) is 1. The maximum Gasteiger partial charge on any atom is 0.335 e. The number of rotatable bonds is 3. The van der Waals surface area contributed by atoms with Gasteiger partial charge in [-0.3, -0.25) is 4.79 Å². The minimum atomic E-state index is -1.10. The zero-order valence-electron chi connectivity index (χ0n) is 7.53. The number of halogens is 1. The molecular formula is C9H8ClNO4. The highest BCUT2D eigenvalue weighted by Crippen LogP contribution is 2.22.